The van der Waals surface area contributed by atoms with Crippen LogP contribution in [-0.4, -0.2) is 11.5 Å². The van der Waals surface area contributed by atoms with Crippen LogP contribution in [0.1, 0.15) is 50.5 Å². The van der Waals surface area contributed by atoms with E-state index in [2.05, 4.69) is 42.9 Å². The van der Waals surface area contributed by atoms with Crippen LogP contribution in [0.5, 0.6) is 0 Å². The highest BCUT2D eigenvalue weighted by Gasteiger charge is 2.11. The summed E-state index contributed by atoms with van der Waals surface area (Å²) < 4.78 is 0. The summed E-state index contributed by atoms with van der Waals surface area (Å²) in [5.74, 6) is 0. The number of nitrogens with zero attached hydrogens (tertiary/aromatic N) is 1. The standard InChI is InChI=1S/C15H24N2/c1-5-11-16-14(10-9-12(2)3)15-8-6-7-13(4)17-15/h6-8,14,16H,2,5,9-11H2,1,3-4H3. The van der Waals surface area contributed by atoms with Crippen LogP contribution in [0, 0.1) is 6.92 Å². The van der Waals surface area contributed by atoms with Crippen molar-refractivity contribution in [3.63, 3.8) is 0 Å². The highest BCUT2D eigenvalue weighted by molar-refractivity contribution is 5.14. The van der Waals surface area contributed by atoms with Gasteiger partial charge in [0, 0.05) is 11.7 Å². The van der Waals surface area contributed by atoms with E-state index in [1.54, 1.807) is 0 Å². The summed E-state index contributed by atoms with van der Waals surface area (Å²) in [4.78, 5) is 4.61. The first-order valence-electron chi connectivity index (χ1n) is 6.44. The highest BCUT2D eigenvalue weighted by Crippen LogP contribution is 2.19. The largest absolute Gasteiger partial charge is 0.309 e. The van der Waals surface area contributed by atoms with E-state index in [0.29, 0.717) is 6.04 Å². The molecule has 1 unspecified atom stereocenters. The van der Waals surface area contributed by atoms with Gasteiger partial charge in [0.15, 0.2) is 0 Å². The van der Waals surface area contributed by atoms with E-state index in [1.165, 1.54) is 5.57 Å². The first-order valence-corrected chi connectivity index (χ1v) is 6.44. The van der Waals surface area contributed by atoms with Crippen molar-refractivity contribution in [2.75, 3.05) is 6.54 Å². The molecule has 2 heteroatoms. The summed E-state index contributed by atoms with van der Waals surface area (Å²) in [6.07, 6.45) is 3.28. The second-order valence-electron chi connectivity index (χ2n) is 4.71. The molecule has 0 aromatic carbocycles. The number of hydrogen-bond acceptors (Lipinski definition) is 2. The molecule has 0 saturated carbocycles. The second-order valence-corrected chi connectivity index (χ2v) is 4.71. The van der Waals surface area contributed by atoms with Crippen LogP contribution < -0.4 is 5.32 Å². The molecule has 2 nitrogen and oxygen atoms in total. The van der Waals surface area contributed by atoms with Crippen molar-refractivity contribution in [3.8, 4) is 0 Å². The Hall–Kier alpha value is -1.15. The van der Waals surface area contributed by atoms with Crippen molar-refractivity contribution in [2.24, 2.45) is 0 Å². The summed E-state index contributed by atoms with van der Waals surface area (Å²) in [6.45, 7) is 11.3. The van der Waals surface area contributed by atoms with Crippen LogP contribution >= 0.6 is 0 Å². The van der Waals surface area contributed by atoms with Crippen molar-refractivity contribution in [1.29, 1.82) is 0 Å². The van der Waals surface area contributed by atoms with Gasteiger partial charge in [-0.2, -0.15) is 0 Å². The minimum absolute atomic E-state index is 0.353. The smallest absolute Gasteiger partial charge is 0.0576 e. The predicted molar refractivity (Wildman–Crippen MR) is 74.1 cm³/mol. The zero-order valence-corrected chi connectivity index (χ0v) is 11.3. The average Bonchev–Trinajstić information content (AvgIpc) is 2.29. The molecule has 0 radical (unpaired) electrons. The van der Waals surface area contributed by atoms with Gasteiger partial charge >= 0.3 is 0 Å². The molecule has 0 bridgehead atoms. The van der Waals surface area contributed by atoms with Crippen molar-refractivity contribution in [1.82, 2.24) is 10.3 Å². The lowest BCUT2D eigenvalue weighted by molar-refractivity contribution is 0.487. The average molecular weight is 232 g/mol. The molecule has 0 aliphatic rings. The Morgan fingerprint density at radius 3 is 2.82 bits per heavy atom. The van der Waals surface area contributed by atoms with Gasteiger partial charge in [-0.15, -0.1) is 6.58 Å². The van der Waals surface area contributed by atoms with E-state index in [0.717, 1.165) is 37.2 Å². The van der Waals surface area contributed by atoms with Crippen molar-refractivity contribution in [3.05, 3.63) is 41.7 Å². The van der Waals surface area contributed by atoms with Gasteiger partial charge in [0.25, 0.3) is 0 Å². The fourth-order valence-electron chi connectivity index (χ4n) is 1.82. The molecule has 1 aromatic heterocycles. The van der Waals surface area contributed by atoms with Crippen LogP contribution in [0.2, 0.25) is 0 Å². The van der Waals surface area contributed by atoms with Crippen molar-refractivity contribution < 1.29 is 0 Å². The number of rotatable bonds is 7. The Labute approximate surface area is 105 Å². The van der Waals surface area contributed by atoms with Crippen LogP contribution in [-0.2, 0) is 0 Å². The lowest BCUT2D eigenvalue weighted by atomic mass is 10.0. The fraction of sp³-hybridized carbons (Fsp3) is 0.533. The summed E-state index contributed by atoms with van der Waals surface area (Å²) in [6, 6.07) is 6.59. The normalized spacial score (nSPS) is 12.4. The number of allylic oxidation sites excluding steroid dienone is 1. The third kappa shape index (κ3) is 5.14. The van der Waals surface area contributed by atoms with Gasteiger partial charge in [0.2, 0.25) is 0 Å². The fourth-order valence-corrected chi connectivity index (χ4v) is 1.82. The van der Waals surface area contributed by atoms with E-state index in [9.17, 15) is 0 Å². The van der Waals surface area contributed by atoms with Gasteiger partial charge in [-0.3, -0.25) is 4.98 Å². The van der Waals surface area contributed by atoms with Crippen molar-refractivity contribution >= 4 is 0 Å². The maximum atomic E-state index is 4.61. The Balaban J connectivity index is 2.70. The Bertz CT molecular complexity index is 358. The minimum Gasteiger partial charge on any atom is -0.309 e. The van der Waals surface area contributed by atoms with E-state index in [1.807, 2.05) is 13.0 Å². The molecule has 1 rings (SSSR count). The number of aryl methyl sites for hydroxylation is 1. The third-order valence-electron chi connectivity index (χ3n) is 2.77. The summed E-state index contributed by atoms with van der Waals surface area (Å²) in [7, 11) is 0. The minimum atomic E-state index is 0.353. The highest BCUT2D eigenvalue weighted by atomic mass is 14.9. The lowest BCUT2D eigenvalue weighted by Crippen LogP contribution is -2.23. The van der Waals surface area contributed by atoms with Crippen LogP contribution in [0.3, 0.4) is 0 Å². The SMILES string of the molecule is C=C(C)CCC(NCCC)c1cccc(C)n1. The van der Waals surface area contributed by atoms with E-state index >= 15 is 0 Å². The number of nitrogens with one attached hydrogen (secondary N) is 1. The van der Waals surface area contributed by atoms with Gasteiger partial charge in [-0.1, -0.05) is 18.6 Å². The summed E-state index contributed by atoms with van der Waals surface area (Å²) >= 11 is 0. The van der Waals surface area contributed by atoms with E-state index < -0.39 is 0 Å². The molecule has 0 saturated heterocycles. The van der Waals surface area contributed by atoms with Gasteiger partial charge in [-0.25, -0.2) is 0 Å². The molecule has 0 aliphatic heterocycles. The Morgan fingerprint density at radius 2 is 2.24 bits per heavy atom. The zero-order valence-electron chi connectivity index (χ0n) is 11.3. The van der Waals surface area contributed by atoms with Gasteiger partial charge in [-0.05, 0) is 51.8 Å². The molecule has 0 fully saturated rings. The Morgan fingerprint density at radius 1 is 1.47 bits per heavy atom. The molecule has 1 heterocycles. The summed E-state index contributed by atoms with van der Waals surface area (Å²) in [5.41, 5.74) is 3.47. The monoisotopic (exact) mass is 232 g/mol. The predicted octanol–water partition coefficient (Wildman–Crippen LogP) is 3.79. The molecule has 1 atom stereocenters. The topological polar surface area (TPSA) is 24.9 Å². The van der Waals surface area contributed by atoms with E-state index in [4.69, 9.17) is 0 Å². The summed E-state index contributed by atoms with van der Waals surface area (Å²) in [5, 5.41) is 3.56. The van der Waals surface area contributed by atoms with Crippen LogP contribution in [0.25, 0.3) is 0 Å². The van der Waals surface area contributed by atoms with Crippen molar-refractivity contribution in [2.45, 2.75) is 46.1 Å². The molecule has 17 heavy (non-hydrogen) atoms. The number of pyridine rings is 1. The maximum Gasteiger partial charge on any atom is 0.0576 e. The molecule has 1 aromatic rings. The van der Waals surface area contributed by atoms with Gasteiger partial charge in [0.1, 0.15) is 0 Å². The van der Waals surface area contributed by atoms with E-state index in [-0.39, 0.29) is 0 Å². The molecule has 1 N–H and O–H groups in total. The van der Waals surface area contributed by atoms with Gasteiger partial charge in [0.05, 0.1) is 5.69 Å². The quantitative estimate of drug-likeness (QED) is 0.724. The number of hydrogen-bond donors (Lipinski definition) is 1. The van der Waals surface area contributed by atoms with Gasteiger partial charge < -0.3 is 5.32 Å². The van der Waals surface area contributed by atoms with Crippen LogP contribution in [0.4, 0.5) is 0 Å². The molecule has 94 valence electrons. The molecule has 0 amide bonds. The molecule has 0 spiro atoms. The first kappa shape index (κ1) is 13.9. The molecular weight excluding hydrogens is 208 g/mol. The first-order chi connectivity index (χ1) is 8.13. The molecule has 0 aliphatic carbocycles. The van der Waals surface area contributed by atoms with Crippen LogP contribution in [0.15, 0.2) is 30.4 Å². The molecular formula is C15H24N2. The number of aromatic nitrogens is 1. The lowest BCUT2D eigenvalue weighted by Gasteiger charge is -2.18. The maximum absolute atomic E-state index is 4.61. The third-order valence-corrected chi connectivity index (χ3v) is 2.77. The second kappa shape index (κ2) is 7.23. The zero-order chi connectivity index (χ0) is 12.7. The Kier molecular flexibility index (Phi) is 5.92.